The van der Waals surface area contributed by atoms with Crippen molar-refractivity contribution in [3.05, 3.63) is 16.1 Å². The first-order valence-corrected chi connectivity index (χ1v) is 6.86. The Balaban J connectivity index is 2.70. The molecule has 7 heteroatoms. The van der Waals surface area contributed by atoms with Gasteiger partial charge in [-0.3, -0.25) is 0 Å². The van der Waals surface area contributed by atoms with E-state index in [1.54, 1.807) is 12.4 Å². The number of carbonyl (C=O) groups is 2. The van der Waals surface area contributed by atoms with Gasteiger partial charge in [-0.25, -0.2) is 14.6 Å². The molecule has 0 radical (unpaired) electrons. The summed E-state index contributed by atoms with van der Waals surface area (Å²) in [5, 5.41) is 11.9. The molecule has 0 atom stereocenters. The number of thiazole rings is 1. The van der Waals surface area contributed by atoms with Gasteiger partial charge >= 0.3 is 12.0 Å². The molecule has 1 aromatic heterocycles. The number of nitrogens with zero attached hydrogens (tertiary/aromatic N) is 2. The first kappa shape index (κ1) is 15.4. The van der Waals surface area contributed by atoms with Crippen LogP contribution in [0.25, 0.3) is 0 Å². The summed E-state index contributed by atoms with van der Waals surface area (Å²) >= 11 is 1.46. The highest BCUT2D eigenvalue weighted by molar-refractivity contribution is 7.09. The lowest BCUT2D eigenvalue weighted by molar-refractivity contribution is -0.147. The van der Waals surface area contributed by atoms with Crippen LogP contribution in [-0.2, 0) is 11.3 Å². The third kappa shape index (κ3) is 3.44. The molecule has 0 fully saturated rings. The molecule has 0 aliphatic rings. The number of aromatic nitrogens is 1. The van der Waals surface area contributed by atoms with Gasteiger partial charge in [0.2, 0.25) is 0 Å². The number of carbonyl (C=O) groups excluding carboxylic acids is 1. The molecule has 19 heavy (non-hydrogen) atoms. The van der Waals surface area contributed by atoms with E-state index in [1.807, 2.05) is 6.92 Å². The van der Waals surface area contributed by atoms with Crippen LogP contribution in [0.15, 0.2) is 5.51 Å². The number of carboxylic acid groups (broad SMARTS) is 1. The van der Waals surface area contributed by atoms with Gasteiger partial charge in [0, 0.05) is 11.4 Å². The van der Waals surface area contributed by atoms with Crippen molar-refractivity contribution in [2.45, 2.75) is 39.8 Å². The fraction of sp³-hybridized carbons (Fsp3) is 0.583. The monoisotopic (exact) mass is 285 g/mol. The molecule has 0 aliphatic carbocycles. The third-order valence-corrected chi connectivity index (χ3v) is 3.94. The second-order valence-corrected chi connectivity index (χ2v) is 5.57. The average molecular weight is 285 g/mol. The number of hydrogen-bond donors (Lipinski definition) is 2. The van der Waals surface area contributed by atoms with Gasteiger partial charge < -0.3 is 15.3 Å². The lowest BCUT2D eigenvalue weighted by Gasteiger charge is -2.34. The number of likely N-dealkylation sites (N-methyl/N-ethyl adjacent to an activating group) is 1. The van der Waals surface area contributed by atoms with Gasteiger partial charge in [-0.05, 0) is 27.7 Å². The van der Waals surface area contributed by atoms with Gasteiger partial charge in [-0.15, -0.1) is 11.3 Å². The zero-order valence-corrected chi connectivity index (χ0v) is 12.4. The van der Waals surface area contributed by atoms with E-state index in [4.69, 9.17) is 5.11 Å². The molecule has 0 unspecified atom stereocenters. The summed E-state index contributed by atoms with van der Waals surface area (Å²) in [6.07, 6.45) is 0. The molecule has 0 saturated carbocycles. The first-order chi connectivity index (χ1) is 8.80. The molecule has 2 amide bonds. The van der Waals surface area contributed by atoms with Crippen LogP contribution in [0.5, 0.6) is 0 Å². The van der Waals surface area contributed by atoms with Crippen LogP contribution >= 0.6 is 11.3 Å². The van der Waals surface area contributed by atoms with Gasteiger partial charge in [-0.2, -0.15) is 0 Å². The van der Waals surface area contributed by atoms with Crippen molar-refractivity contribution in [1.29, 1.82) is 0 Å². The van der Waals surface area contributed by atoms with Crippen molar-refractivity contribution in [1.82, 2.24) is 15.2 Å². The Morgan fingerprint density at radius 3 is 2.58 bits per heavy atom. The zero-order chi connectivity index (χ0) is 14.6. The van der Waals surface area contributed by atoms with Crippen LogP contribution in [0.3, 0.4) is 0 Å². The average Bonchev–Trinajstić information content (AvgIpc) is 2.72. The second-order valence-electron chi connectivity index (χ2n) is 4.63. The quantitative estimate of drug-likeness (QED) is 0.865. The topological polar surface area (TPSA) is 82.5 Å². The molecule has 6 nitrogen and oxygen atoms in total. The normalized spacial score (nSPS) is 11.2. The lowest BCUT2D eigenvalue weighted by Crippen LogP contribution is -2.55. The van der Waals surface area contributed by atoms with Crippen molar-refractivity contribution < 1.29 is 14.7 Å². The zero-order valence-electron chi connectivity index (χ0n) is 11.6. The molecule has 1 rings (SSSR count). The van der Waals surface area contributed by atoms with Crippen LogP contribution in [0.4, 0.5) is 4.79 Å². The maximum Gasteiger partial charge on any atom is 0.329 e. The molecule has 0 aromatic carbocycles. The van der Waals surface area contributed by atoms with Crippen molar-refractivity contribution in [2.24, 2.45) is 0 Å². The van der Waals surface area contributed by atoms with Crippen molar-refractivity contribution >= 4 is 23.3 Å². The number of rotatable bonds is 5. The second kappa shape index (κ2) is 6.01. The van der Waals surface area contributed by atoms with E-state index in [0.717, 1.165) is 10.6 Å². The molecule has 1 aromatic rings. The molecule has 0 saturated heterocycles. The molecule has 2 N–H and O–H groups in total. The van der Waals surface area contributed by atoms with Gasteiger partial charge in [0.1, 0.15) is 5.54 Å². The summed E-state index contributed by atoms with van der Waals surface area (Å²) in [4.78, 5) is 29.6. The van der Waals surface area contributed by atoms with Crippen LogP contribution < -0.4 is 5.32 Å². The molecule has 0 spiro atoms. The number of aliphatic carboxylic acids is 1. The van der Waals surface area contributed by atoms with E-state index >= 15 is 0 Å². The number of carboxylic acids is 1. The predicted octanol–water partition coefficient (Wildman–Crippen LogP) is 1.85. The smallest absolute Gasteiger partial charge is 0.329 e. The minimum Gasteiger partial charge on any atom is -0.480 e. The number of aryl methyl sites for hydroxylation is 1. The summed E-state index contributed by atoms with van der Waals surface area (Å²) < 4.78 is 0. The number of nitrogens with one attached hydrogen (secondary N) is 1. The van der Waals surface area contributed by atoms with E-state index in [0.29, 0.717) is 13.1 Å². The van der Waals surface area contributed by atoms with E-state index < -0.39 is 11.5 Å². The number of urea groups is 1. The molecule has 106 valence electrons. The largest absolute Gasteiger partial charge is 0.480 e. The maximum atomic E-state index is 12.1. The van der Waals surface area contributed by atoms with Crippen molar-refractivity contribution in [3.63, 3.8) is 0 Å². The SMILES string of the molecule is CCN(C(=O)NCc1scnc1C)C(C)(C)C(=O)O. The van der Waals surface area contributed by atoms with Crippen LogP contribution in [0, 0.1) is 6.92 Å². The summed E-state index contributed by atoms with van der Waals surface area (Å²) in [7, 11) is 0. The highest BCUT2D eigenvalue weighted by Crippen LogP contribution is 2.16. The fourth-order valence-corrected chi connectivity index (χ4v) is 2.37. The van der Waals surface area contributed by atoms with Crippen LogP contribution in [0.2, 0.25) is 0 Å². The summed E-state index contributed by atoms with van der Waals surface area (Å²) in [5.74, 6) is -1.03. The fourth-order valence-electron chi connectivity index (χ4n) is 1.66. The predicted molar refractivity (Wildman–Crippen MR) is 73.2 cm³/mol. The minimum absolute atomic E-state index is 0.326. The summed E-state index contributed by atoms with van der Waals surface area (Å²) in [6.45, 7) is 7.33. The van der Waals surface area contributed by atoms with Crippen LogP contribution in [0.1, 0.15) is 31.3 Å². The highest BCUT2D eigenvalue weighted by atomic mass is 32.1. The van der Waals surface area contributed by atoms with E-state index in [1.165, 1.54) is 30.1 Å². The van der Waals surface area contributed by atoms with E-state index in [2.05, 4.69) is 10.3 Å². The molecule has 0 aliphatic heterocycles. The van der Waals surface area contributed by atoms with Gasteiger partial charge in [0.05, 0.1) is 17.7 Å². The molecular formula is C12H19N3O3S. The summed E-state index contributed by atoms with van der Waals surface area (Å²) in [5.41, 5.74) is 1.36. The highest BCUT2D eigenvalue weighted by Gasteiger charge is 2.36. The van der Waals surface area contributed by atoms with Gasteiger partial charge in [0.15, 0.2) is 0 Å². The minimum atomic E-state index is -1.23. The van der Waals surface area contributed by atoms with E-state index in [-0.39, 0.29) is 6.03 Å². The Morgan fingerprint density at radius 2 is 2.16 bits per heavy atom. The van der Waals surface area contributed by atoms with Gasteiger partial charge in [0.25, 0.3) is 0 Å². The van der Waals surface area contributed by atoms with E-state index in [9.17, 15) is 9.59 Å². The van der Waals surface area contributed by atoms with Gasteiger partial charge in [-0.1, -0.05) is 0 Å². The Kier molecular flexibility index (Phi) is 4.88. The molecular weight excluding hydrogens is 266 g/mol. The third-order valence-electron chi connectivity index (χ3n) is 3.00. The Labute approximate surface area is 116 Å². The number of hydrogen-bond acceptors (Lipinski definition) is 4. The summed E-state index contributed by atoms with van der Waals surface area (Å²) in [6, 6.07) is -0.386. The Bertz CT molecular complexity index is 471. The Morgan fingerprint density at radius 1 is 1.53 bits per heavy atom. The first-order valence-electron chi connectivity index (χ1n) is 5.98. The Hall–Kier alpha value is -1.63. The molecule has 0 bridgehead atoms. The van der Waals surface area contributed by atoms with Crippen molar-refractivity contribution in [2.75, 3.05) is 6.54 Å². The standard InChI is InChI=1S/C12H19N3O3S/c1-5-15(12(3,4)10(16)17)11(18)13-6-9-8(2)14-7-19-9/h7H,5-6H2,1-4H3,(H,13,18)(H,16,17). The maximum absolute atomic E-state index is 12.1. The van der Waals surface area contributed by atoms with Crippen molar-refractivity contribution in [3.8, 4) is 0 Å². The number of amides is 2. The molecule has 1 heterocycles. The van der Waals surface area contributed by atoms with Crippen LogP contribution in [-0.4, -0.2) is 39.1 Å². The lowest BCUT2D eigenvalue weighted by atomic mass is 10.0.